The lowest BCUT2D eigenvalue weighted by molar-refractivity contribution is 0.483. The first-order valence-electron chi connectivity index (χ1n) is 22.9. The van der Waals surface area contributed by atoms with E-state index in [4.69, 9.17) is 9.72 Å². The van der Waals surface area contributed by atoms with E-state index < -0.39 is 0 Å². The summed E-state index contributed by atoms with van der Waals surface area (Å²) in [5.74, 6) is 2.42. The summed E-state index contributed by atoms with van der Waals surface area (Å²) in [7, 11) is 0. The van der Waals surface area contributed by atoms with Crippen LogP contribution in [0.5, 0.6) is 11.5 Å². The van der Waals surface area contributed by atoms with E-state index in [2.05, 4.69) is 240 Å². The van der Waals surface area contributed by atoms with E-state index in [1.54, 1.807) is 0 Å². The number of benzene rings is 7. The number of anilines is 4. The van der Waals surface area contributed by atoms with E-state index in [9.17, 15) is 0 Å². The Balaban J connectivity index is 0.972. The minimum absolute atomic E-state index is 0.0199. The minimum Gasteiger partial charge on any atom is -0.457 e. The molecule has 1 aliphatic heterocycles. The number of aromatic nitrogens is 2. The van der Waals surface area contributed by atoms with Crippen LogP contribution in [0.4, 0.5) is 22.7 Å². The summed E-state index contributed by atoms with van der Waals surface area (Å²) in [6, 6.07) is 61.2. The molecule has 5 nitrogen and oxygen atoms in total. The van der Waals surface area contributed by atoms with Gasteiger partial charge in [0, 0.05) is 51.5 Å². The largest absolute Gasteiger partial charge is 0.457 e. The predicted octanol–water partition coefficient (Wildman–Crippen LogP) is 16.1. The predicted molar refractivity (Wildman–Crippen MR) is 273 cm³/mol. The van der Waals surface area contributed by atoms with Gasteiger partial charge in [0.05, 0.1) is 22.4 Å². The molecule has 1 aliphatic rings. The Morgan fingerprint density at radius 1 is 0.477 bits per heavy atom. The molecule has 7 aromatic carbocycles. The third-order valence-electron chi connectivity index (χ3n) is 13.4. The Morgan fingerprint density at radius 2 is 1.09 bits per heavy atom. The molecular weight excluding hydrogens is 793 g/mol. The van der Waals surface area contributed by atoms with Crippen LogP contribution in [0.1, 0.15) is 83.2 Å². The Labute approximate surface area is 384 Å². The van der Waals surface area contributed by atoms with Gasteiger partial charge in [0.25, 0.3) is 0 Å². The third kappa shape index (κ3) is 7.73. The Hall–Kier alpha value is -7.11. The van der Waals surface area contributed by atoms with Gasteiger partial charge in [-0.25, -0.2) is 4.98 Å². The highest BCUT2D eigenvalue weighted by atomic mass is 16.5. The standard InChI is InChI=1S/C60H58N4O/c1-40-31-57(61-38-52(40)41-19-17-22-43(32-41)60(8,9)42-20-11-10-12-21-42)64-53-26-14-13-25-50(53)51-30-29-49(37-56(51)64)65-48-24-18-23-46(36-48)62-39-63(55-28-16-15-27-54(55)62)47-34-44(58(2,3)4)33-45(35-47)59(5,6)7/h10-38H,39H2,1-9H3. The Kier molecular flexibility index (Phi) is 10.2. The maximum Gasteiger partial charge on any atom is 0.137 e. The number of para-hydroxylation sites is 3. The minimum atomic E-state index is -0.140. The van der Waals surface area contributed by atoms with Gasteiger partial charge >= 0.3 is 0 Å². The van der Waals surface area contributed by atoms with E-state index in [-0.39, 0.29) is 16.2 Å². The second-order valence-corrected chi connectivity index (χ2v) is 20.3. The number of rotatable bonds is 8. The average molecular weight is 851 g/mol. The maximum absolute atomic E-state index is 6.78. The first-order valence-corrected chi connectivity index (χ1v) is 22.9. The van der Waals surface area contributed by atoms with Crippen molar-refractivity contribution in [3.05, 3.63) is 204 Å². The van der Waals surface area contributed by atoms with Gasteiger partial charge in [-0.15, -0.1) is 0 Å². The normalized spacial score (nSPS) is 13.2. The van der Waals surface area contributed by atoms with Crippen molar-refractivity contribution in [2.45, 2.75) is 78.6 Å². The molecule has 0 saturated carbocycles. The zero-order valence-corrected chi connectivity index (χ0v) is 39.1. The van der Waals surface area contributed by atoms with Crippen LogP contribution in [-0.4, -0.2) is 16.2 Å². The van der Waals surface area contributed by atoms with Crippen LogP contribution in [0.15, 0.2) is 176 Å². The van der Waals surface area contributed by atoms with Crippen molar-refractivity contribution < 1.29 is 4.74 Å². The second kappa shape index (κ2) is 15.8. The Morgan fingerprint density at radius 3 is 1.80 bits per heavy atom. The van der Waals surface area contributed by atoms with Gasteiger partial charge in [-0.3, -0.25) is 4.57 Å². The van der Waals surface area contributed by atoms with E-state index >= 15 is 0 Å². The molecule has 9 aromatic rings. The zero-order chi connectivity index (χ0) is 45.3. The lowest BCUT2D eigenvalue weighted by atomic mass is 9.77. The topological polar surface area (TPSA) is 33.5 Å². The monoisotopic (exact) mass is 850 g/mol. The summed E-state index contributed by atoms with van der Waals surface area (Å²) in [6.45, 7) is 21.3. The molecule has 0 amide bonds. The van der Waals surface area contributed by atoms with E-state index in [1.165, 1.54) is 50.3 Å². The van der Waals surface area contributed by atoms with Gasteiger partial charge in [-0.1, -0.05) is 152 Å². The van der Waals surface area contributed by atoms with E-state index in [1.807, 2.05) is 12.3 Å². The van der Waals surface area contributed by atoms with Crippen LogP contribution in [0.2, 0.25) is 0 Å². The number of aryl methyl sites for hydroxylation is 1. The fourth-order valence-corrected chi connectivity index (χ4v) is 9.46. The highest BCUT2D eigenvalue weighted by Gasteiger charge is 2.31. The number of pyridine rings is 1. The summed E-state index contributed by atoms with van der Waals surface area (Å²) in [5, 5.41) is 2.33. The number of nitrogens with zero attached hydrogens (tertiary/aromatic N) is 4. The smallest absolute Gasteiger partial charge is 0.137 e. The molecule has 0 fully saturated rings. The van der Waals surface area contributed by atoms with E-state index in [0.717, 1.165) is 50.6 Å². The second-order valence-electron chi connectivity index (χ2n) is 20.3. The van der Waals surface area contributed by atoms with Crippen molar-refractivity contribution >= 4 is 44.6 Å². The van der Waals surface area contributed by atoms with Crippen molar-refractivity contribution in [3.63, 3.8) is 0 Å². The van der Waals surface area contributed by atoms with Gasteiger partial charge in [-0.05, 0) is 112 Å². The fourth-order valence-electron chi connectivity index (χ4n) is 9.46. The molecule has 324 valence electrons. The third-order valence-corrected chi connectivity index (χ3v) is 13.4. The van der Waals surface area contributed by atoms with Crippen LogP contribution in [0, 0.1) is 6.92 Å². The molecule has 5 heteroatoms. The van der Waals surface area contributed by atoms with Crippen LogP contribution >= 0.6 is 0 Å². The number of hydrogen-bond donors (Lipinski definition) is 0. The highest BCUT2D eigenvalue weighted by molar-refractivity contribution is 6.09. The summed E-state index contributed by atoms with van der Waals surface area (Å²) in [4.78, 5) is 10.0. The summed E-state index contributed by atoms with van der Waals surface area (Å²) in [6.07, 6.45) is 2.04. The van der Waals surface area contributed by atoms with Gasteiger partial charge in [0.1, 0.15) is 24.0 Å². The van der Waals surface area contributed by atoms with E-state index in [0.29, 0.717) is 6.67 Å². The average Bonchev–Trinajstić information content (AvgIpc) is 3.85. The first kappa shape index (κ1) is 41.9. The summed E-state index contributed by atoms with van der Waals surface area (Å²) >= 11 is 0. The first-order chi connectivity index (χ1) is 31.1. The fraction of sp³-hybridized carbons (Fsp3) is 0.217. The van der Waals surface area contributed by atoms with Crippen molar-refractivity contribution in [1.82, 2.24) is 9.55 Å². The molecule has 0 bridgehead atoms. The molecule has 0 radical (unpaired) electrons. The Bertz CT molecular complexity index is 3200. The quantitative estimate of drug-likeness (QED) is 0.152. The molecular formula is C60H58N4O. The molecule has 0 N–H and O–H groups in total. The SMILES string of the molecule is Cc1cc(-n2c3ccccc3c3ccc(Oc4cccc(N5CN(c6cc(C(C)(C)C)cc(C(C)(C)C)c6)c6ccccc65)c4)cc32)ncc1-c1cccc(C(C)(C)c2ccccc2)c1. The number of ether oxygens (including phenoxy) is 1. The molecule has 65 heavy (non-hydrogen) atoms. The summed E-state index contributed by atoms with van der Waals surface area (Å²) < 4.78 is 9.05. The zero-order valence-electron chi connectivity index (χ0n) is 39.1. The van der Waals surface area contributed by atoms with Crippen LogP contribution in [0.3, 0.4) is 0 Å². The molecule has 0 saturated heterocycles. The van der Waals surface area contributed by atoms with Crippen molar-refractivity contribution in [2.75, 3.05) is 16.5 Å². The van der Waals surface area contributed by atoms with Crippen molar-refractivity contribution in [3.8, 4) is 28.4 Å². The van der Waals surface area contributed by atoms with Crippen molar-refractivity contribution in [1.29, 1.82) is 0 Å². The van der Waals surface area contributed by atoms with Gasteiger partial charge in [-0.2, -0.15) is 0 Å². The molecule has 0 unspecified atom stereocenters. The van der Waals surface area contributed by atoms with Crippen LogP contribution in [0.25, 0.3) is 38.8 Å². The molecule has 10 rings (SSSR count). The molecule has 0 spiro atoms. The van der Waals surface area contributed by atoms with Crippen LogP contribution in [-0.2, 0) is 16.2 Å². The van der Waals surface area contributed by atoms with Gasteiger partial charge in [0.15, 0.2) is 0 Å². The number of fused-ring (bicyclic) bond motifs is 4. The summed E-state index contributed by atoms with van der Waals surface area (Å²) in [5.41, 5.74) is 15.4. The van der Waals surface area contributed by atoms with Crippen molar-refractivity contribution in [2.24, 2.45) is 0 Å². The maximum atomic E-state index is 6.78. The highest BCUT2D eigenvalue weighted by Crippen LogP contribution is 2.47. The molecule has 2 aromatic heterocycles. The lowest BCUT2D eigenvalue weighted by Crippen LogP contribution is -2.25. The van der Waals surface area contributed by atoms with Gasteiger partial charge in [0.2, 0.25) is 0 Å². The van der Waals surface area contributed by atoms with Gasteiger partial charge < -0.3 is 14.5 Å². The molecule has 0 atom stereocenters. The van der Waals surface area contributed by atoms with Crippen LogP contribution < -0.4 is 14.5 Å². The number of hydrogen-bond acceptors (Lipinski definition) is 4. The lowest BCUT2D eigenvalue weighted by Gasteiger charge is -2.29. The molecule has 3 heterocycles. The molecule has 0 aliphatic carbocycles.